The third-order valence-corrected chi connectivity index (χ3v) is 4.37. The van der Waals surface area contributed by atoms with Crippen LogP contribution in [0.2, 0.25) is 9.36 Å². The predicted molar refractivity (Wildman–Crippen MR) is 90.9 cm³/mol. The molecule has 0 aliphatic carbocycles. The van der Waals surface area contributed by atoms with Crippen LogP contribution in [0.15, 0.2) is 30.3 Å². The number of halogens is 2. The molecule has 0 fully saturated rings. The van der Waals surface area contributed by atoms with Crippen molar-refractivity contribution in [1.82, 2.24) is 0 Å². The average molecular weight is 389 g/mol. The fourth-order valence-corrected chi connectivity index (χ4v) is 2.80. The zero-order chi connectivity index (χ0) is 17.9. The number of nitrogens with one attached hydrogen (secondary N) is 1. The van der Waals surface area contributed by atoms with Crippen LogP contribution in [0, 0.1) is 10.1 Å². The van der Waals surface area contributed by atoms with E-state index in [1.54, 1.807) is 6.07 Å². The summed E-state index contributed by atoms with van der Waals surface area (Å²) < 4.78 is 5.46. The summed E-state index contributed by atoms with van der Waals surface area (Å²) in [5, 5.41) is 13.1. The van der Waals surface area contributed by atoms with Crippen LogP contribution < -0.4 is 5.32 Å². The molecule has 126 valence electrons. The summed E-state index contributed by atoms with van der Waals surface area (Å²) in [6.07, 6.45) is -1.09. The molecule has 1 amide bonds. The maximum absolute atomic E-state index is 12.1. The van der Waals surface area contributed by atoms with Gasteiger partial charge in [-0.1, -0.05) is 23.2 Å². The standard InChI is InChI=1S/C14H10Cl2N2O5S/c1-7(23-14(20)11-4-5-12(16)24-11)13(19)17-10-3-2-8(18(21)22)6-9(10)15/h2-7H,1H3,(H,17,19)/t7-/m0/s1. The van der Waals surface area contributed by atoms with Gasteiger partial charge in [0.25, 0.3) is 11.6 Å². The van der Waals surface area contributed by atoms with Gasteiger partial charge in [-0.3, -0.25) is 14.9 Å². The fraction of sp³-hybridized carbons (Fsp3) is 0.143. The Morgan fingerprint density at radius 2 is 2.00 bits per heavy atom. The second kappa shape index (κ2) is 7.61. The minimum Gasteiger partial charge on any atom is -0.448 e. The van der Waals surface area contributed by atoms with Crippen LogP contribution in [0.4, 0.5) is 11.4 Å². The summed E-state index contributed by atoms with van der Waals surface area (Å²) in [6, 6.07) is 6.65. The Balaban J connectivity index is 2.01. The molecule has 2 aromatic rings. The lowest BCUT2D eigenvalue weighted by atomic mass is 10.2. The van der Waals surface area contributed by atoms with E-state index < -0.39 is 22.9 Å². The minimum atomic E-state index is -1.09. The number of rotatable bonds is 5. The van der Waals surface area contributed by atoms with Gasteiger partial charge in [0.05, 0.1) is 20.0 Å². The average Bonchev–Trinajstić information content (AvgIpc) is 2.95. The highest BCUT2D eigenvalue weighted by Crippen LogP contribution is 2.27. The van der Waals surface area contributed by atoms with Gasteiger partial charge in [0.2, 0.25) is 0 Å². The molecule has 0 spiro atoms. The number of esters is 1. The molecule has 1 aromatic carbocycles. The second-order valence-corrected chi connectivity index (χ2v) is 6.68. The van der Waals surface area contributed by atoms with E-state index in [0.29, 0.717) is 4.34 Å². The predicted octanol–water partition coefficient (Wildman–Crippen LogP) is 4.15. The molecule has 7 nitrogen and oxygen atoms in total. The molecule has 0 aliphatic rings. The molecule has 10 heteroatoms. The molecule has 24 heavy (non-hydrogen) atoms. The van der Waals surface area contributed by atoms with Crippen molar-refractivity contribution in [2.75, 3.05) is 5.32 Å². The van der Waals surface area contributed by atoms with E-state index in [2.05, 4.69) is 5.32 Å². The van der Waals surface area contributed by atoms with Crippen molar-refractivity contribution in [3.05, 3.63) is 54.7 Å². The summed E-state index contributed by atoms with van der Waals surface area (Å²) in [6.45, 7) is 1.39. The lowest BCUT2D eigenvalue weighted by molar-refractivity contribution is -0.384. The van der Waals surface area contributed by atoms with Crippen LogP contribution >= 0.6 is 34.5 Å². The Labute approximate surface area is 150 Å². The van der Waals surface area contributed by atoms with Gasteiger partial charge in [-0.25, -0.2) is 4.79 Å². The van der Waals surface area contributed by atoms with E-state index in [1.807, 2.05) is 0 Å². The van der Waals surface area contributed by atoms with E-state index >= 15 is 0 Å². The summed E-state index contributed by atoms with van der Waals surface area (Å²) in [7, 11) is 0. The van der Waals surface area contributed by atoms with Gasteiger partial charge >= 0.3 is 5.97 Å². The number of nitro benzene ring substituents is 1. The van der Waals surface area contributed by atoms with E-state index in [0.717, 1.165) is 17.4 Å². The van der Waals surface area contributed by atoms with Crippen molar-refractivity contribution in [1.29, 1.82) is 0 Å². The van der Waals surface area contributed by atoms with Crippen LogP contribution in [0.3, 0.4) is 0 Å². The highest BCUT2D eigenvalue weighted by Gasteiger charge is 2.21. The van der Waals surface area contributed by atoms with Crippen molar-refractivity contribution in [3.8, 4) is 0 Å². The molecule has 0 aliphatic heterocycles. The molecule has 0 bridgehead atoms. The zero-order valence-electron chi connectivity index (χ0n) is 12.1. The molecule has 1 aromatic heterocycles. The van der Waals surface area contributed by atoms with Crippen LogP contribution in [-0.4, -0.2) is 22.9 Å². The molecule has 0 saturated carbocycles. The summed E-state index contributed by atoms with van der Waals surface area (Å²) in [5.74, 6) is -1.30. The first kappa shape index (κ1) is 18.2. The first-order valence-corrected chi connectivity index (χ1v) is 8.06. The summed E-state index contributed by atoms with van der Waals surface area (Å²) in [5.41, 5.74) is -0.0265. The SMILES string of the molecule is C[C@H](OC(=O)c1ccc(Cl)s1)C(=O)Nc1ccc([N+](=O)[O-])cc1Cl. The van der Waals surface area contributed by atoms with Crippen LogP contribution in [0.25, 0.3) is 0 Å². The number of nitro groups is 1. The second-order valence-electron chi connectivity index (χ2n) is 4.56. The molecule has 0 unspecified atom stereocenters. The maximum Gasteiger partial charge on any atom is 0.349 e. The molecular weight excluding hydrogens is 379 g/mol. The molecule has 0 radical (unpaired) electrons. The smallest absolute Gasteiger partial charge is 0.349 e. The van der Waals surface area contributed by atoms with E-state index in [1.165, 1.54) is 25.1 Å². The first-order valence-electron chi connectivity index (χ1n) is 6.49. The van der Waals surface area contributed by atoms with E-state index in [4.69, 9.17) is 27.9 Å². The number of hydrogen-bond donors (Lipinski definition) is 1. The van der Waals surface area contributed by atoms with Gasteiger partial charge in [0.15, 0.2) is 6.10 Å². The Morgan fingerprint density at radius 3 is 2.54 bits per heavy atom. The largest absolute Gasteiger partial charge is 0.448 e. The summed E-state index contributed by atoms with van der Waals surface area (Å²) in [4.78, 5) is 34.2. The molecule has 0 saturated heterocycles. The number of ether oxygens (including phenoxy) is 1. The van der Waals surface area contributed by atoms with Gasteiger partial charge < -0.3 is 10.1 Å². The van der Waals surface area contributed by atoms with E-state index in [-0.39, 0.29) is 21.3 Å². The maximum atomic E-state index is 12.1. The Kier molecular flexibility index (Phi) is 5.76. The zero-order valence-corrected chi connectivity index (χ0v) is 14.4. The lowest BCUT2D eigenvalue weighted by Gasteiger charge is -2.13. The number of non-ortho nitro benzene ring substituents is 1. The first-order chi connectivity index (χ1) is 11.3. The number of hydrogen-bond acceptors (Lipinski definition) is 6. The highest BCUT2D eigenvalue weighted by atomic mass is 35.5. The lowest BCUT2D eigenvalue weighted by Crippen LogP contribution is -2.29. The quantitative estimate of drug-likeness (QED) is 0.471. The Morgan fingerprint density at radius 1 is 1.29 bits per heavy atom. The van der Waals surface area contributed by atoms with Gasteiger partial charge in [-0.15, -0.1) is 11.3 Å². The molecular formula is C14H10Cl2N2O5S. The van der Waals surface area contributed by atoms with Crippen LogP contribution in [0.1, 0.15) is 16.6 Å². The number of anilines is 1. The summed E-state index contributed by atoms with van der Waals surface area (Å²) >= 11 is 12.7. The minimum absolute atomic E-state index is 0.00103. The Bertz CT molecular complexity index is 808. The van der Waals surface area contributed by atoms with Gasteiger partial charge in [-0.05, 0) is 25.1 Å². The van der Waals surface area contributed by atoms with Crippen molar-refractivity contribution in [3.63, 3.8) is 0 Å². The third kappa shape index (κ3) is 4.44. The van der Waals surface area contributed by atoms with Crippen molar-refractivity contribution in [2.24, 2.45) is 0 Å². The van der Waals surface area contributed by atoms with Crippen LogP contribution in [0.5, 0.6) is 0 Å². The van der Waals surface area contributed by atoms with Crippen molar-refractivity contribution >= 4 is 57.8 Å². The van der Waals surface area contributed by atoms with Crippen molar-refractivity contribution < 1.29 is 19.2 Å². The molecule has 2 rings (SSSR count). The van der Waals surface area contributed by atoms with Gasteiger partial charge in [0, 0.05) is 12.1 Å². The van der Waals surface area contributed by atoms with Crippen molar-refractivity contribution in [2.45, 2.75) is 13.0 Å². The molecule has 1 atom stereocenters. The Hall–Kier alpha value is -2.16. The van der Waals surface area contributed by atoms with E-state index in [9.17, 15) is 19.7 Å². The number of benzene rings is 1. The highest BCUT2D eigenvalue weighted by molar-refractivity contribution is 7.17. The van der Waals surface area contributed by atoms with Gasteiger partial charge in [-0.2, -0.15) is 0 Å². The normalized spacial score (nSPS) is 11.6. The third-order valence-electron chi connectivity index (χ3n) is 2.85. The number of carbonyl (C=O) groups excluding carboxylic acids is 2. The number of nitrogens with zero attached hydrogens (tertiary/aromatic N) is 1. The molecule has 1 heterocycles. The number of thiophene rings is 1. The van der Waals surface area contributed by atoms with Gasteiger partial charge in [0.1, 0.15) is 4.88 Å². The number of amides is 1. The molecule has 1 N–H and O–H groups in total. The fourth-order valence-electron chi connectivity index (χ4n) is 1.65. The topological polar surface area (TPSA) is 98.5 Å². The van der Waals surface area contributed by atoms with Crippen LogP contribution in [-0.2, 0) is 9.53 Å². The number of carbonyl (C=O) groups is 2. The monoisotopic (exact) mass is 388 g/mol.